The zero-order chi connectivity index (χ0) is 21.4. The summed E-state index contributed by atoms with van der Waals surface area (Å²) in [6.07, 6.45) is 12.2. The minimum atomic E-state index is -0.711. The molecule has 1 aromatic heterocycles. The van der Waals surface area contributed by atoms with Crippen molar-refractivity contribution in [2.75, 3.05) is 13.1 Å². The molecule has 0 bridgehead atoms. The molecule has 3 rings (SSSR count). The van der Waals surface area contributed by atoms with E-state index in [2.05, 4.69) is 27.4 Å². The normalized spacial score (nSPS) is 18.8. The Morgan fingerprint density at radius 3 is 2.67 bits per heavy atom. The van der Waals surface area contributed by atoms with Crippen LogP contribution in [0.15, 0.2) is 65.9 Å². The first-order valence-electron chi connectivity index (χ1n) is 9.83. The smallest absolute Gasteiger partial charge is 0.269 e. The monoisotopic (exact) mass is 407 g/mol. The fourth-order valence-electron chi connectivity index (χ4n) is 3.62. The number of aryl methyl sites for hydroxylation is 1. The van der Waals surface area contributed by atoms with Crippen LogP contribution in [0.2, 0.25) is 0 Å². The lowest BCUT2D eigenvalue weighted by Gasteiger charge is -2.31. The van der Waals surface area contributed by atoms with E-state index in [4.69, 9.17) is 5.73 Å². The van der Waals surface area contributed by atoms with Crippen LogP contribution in [-0.4, -0.2) is 35.1 Å². The van der Waals surface area contributed by atoms with Crippen LogP contribution in [0, 0.1) is 15.5 Å². The molecule has 2 aromatic rings. The number of allylic oxidation sites excluding steroid dienone is 1. The fourth-order valence-corrected chi connectivity index (χ4v) is 3.62. The lowest BCUT2D eigenvalue weighted by molar-refractivity contribution is -0.384. The Hall–Kier alpha value is -3.39. The van der Waals surface area contributed by atoms with Crippen molar-refractivity contribution in [3.8, 4) is 0 Å². The Labute approximate surface area is 175 Å². The first-order valence-corrected chi connectivity index (χ1v) is 9.83. The Kier molecular flexibility index (Phi) is 7.03. The van der Waals surface area contributed by atoms with Gasteiger partial charge >= 0.3 is 0 Å². The number of primary amides is 1. The number of nitrogens with one attached hydrogen (secondary N) is 1. The topological polar surface area (TPSA) is 124 Å². The van der Waals surface area contributed by atoms with Gasteiger partial charge in [-0.25, -0.2) is 0 Å². The molecule has 3 N–H and O–H groups in total. The van der Waals surface area contributed by atoms with Gasteiger partial charge in [0.25, 0.3) is 5.69 Å². The number of aliphatic imine (C=N–C) groups is 1. The van der Waals surface area contributed by atoms with Crippen molar-refractivity contribution in [1.82, 2.24) is 10.3 Å². The number of non-ortho nitro benzene ring substituents is 1. The van der Waals surface area contributed by atoms with E-state index in [0.29, 0.717) is 18.7 Å². The minimum absolute atomic E-state index is 0.0264. The van der Waals surface area contributed by atoms with Crippen molar-refractivity contribution in [2.24, 2.45) is 16.1 Å². The zero-order valence-corrected chi connectivity index (χ0v) is 16.6. The number of benzene rings is 1. The number of carbonyl (C=O) groups is 1. The molecule has 0 saturated carbocycles. The molecule has 2 heterocycles. The van der Waals surface area contributed by atoms with Crippen LogP contribution in [0.5, 0.6) is 0 Å². The van der Waals surface area contributed by atoms with Gasteiger partial charge < -0.3 is 11.1 Å². The average molecular weight is 407 g/mol. The third kappa shape index (κ3) is 5.57. The molecule has 1 aliphatic heterocycles. The predicted molar refractivity (Wildman–Crippen MR) is 115 cm³/mol. The van der Waals surface area contributed by atoms with Gasteiger partial charge in [-0.2, -0.15) is 0 Å². The molecular weight excluding hydrogens is 382 g/mol. The van der Waals surface area contributed by atoms with Crippen molar-refractivity contribution >= 4 is 17.8 Å². The fraction of sp³-hybridized carbons (Fsp3) is 0.318. The van der Waals surface area contributed by atoms with E-state index in [1.54, 1.807) is 24.5 Å². The molecule has 1 amide bonds. The summed E-state index contributed by atoms with van der Waals surface area (Å²) < 4.78 is 0. The molecule has 0 fully saturated rings. The van der Waals surface area contributed by atoms with E-state index in [0.717, 1.165) is 19.3 Å². The SMILES string of the molecule is NC(=O)C(NCCC1(CCc2cccnc2)C=CC=NC1)c1ccc([N+](=O)[O-])cc1. The van der Waals surface area contributed by atoms with Crippen LogP contribution in [0.1, 0.15) is 30.0 Å². The van der Waals surface area contributed by atoms with Gasteiger partial charge in [-0.15, -0.1) is 0 Å². The summed E-state index contributed by atoms with van der Waals surface area (Å²) in [6.45, 7) is 1.24. The lowest BCUT2D eigenvalue weighted by atomic mass is 9.78. The summed E-state index contributed by atoms with van der Waals surface area (Å²) in [7, 11) is 0. The van der Waals surface area contributed by atoms with Crippen molar-refractivity contribution in [2.45, 2.75) is 25.3 Å². The summed E-state index contributed by atoms with van der Waals surface area (Å²) in [5.74, 6) is -0.523. The second kappa shape index (κ2) is 9.89. The van der Waals surface area contributed by atoms with E-state index in [9.17, 15) is 14.9 Å². The van der Waals surface area contributed by atoms with E-state index < -0.39 is 16.9 Å². The van der Waals surface area contributed by atoms with Crippen molar-refractivity contribution in [1.29, 1.82) is 0 Å². The third-order valence-electron chi connectivity index (χ3n) is 5.37. The van der Waals surface area contributed by atoms with Crippen molar-refractivity contribution in [3.05, 3.63) is 82.2 Å². The van der Waals surface area contributed by atoms with E-state index >= 15 is 0 Å². The van der Waals surface area contributed by atoms with Gasteiger partial charge in [0.1, 0.15) is 6.04 Å². The highest BCUT2D eigenvalue weighted by Gasteiger charge is 2.28. The highest BCUT2D eigenvalue weighted by Crippen LogP contribution is 2.32. The summed E-state index contributed by atoms with van der Waals surface area (Å²) in [4.78, 5) is 31.0. The number of hydrogen-bond donors (Lipinski definition) is 2. The van der Waals surface area contributed by atoms with Crippen LogP contribution in [0.25, 0.3) is 0 Å². The van der Waals surface area contributed by atoms with Crippen LogP contribution in [0.4, 0.5) is 5.69 Å². The molecule has 1 aromatic carbocycles. The maximum Gasteiger partial charge on any atom is 0.269 e. The van der Waals surface area contributed by atoms with Gasteiger partial charge in [-0.1, -0.05) is 24.3 Å². The minimum Gasteiger partial charge on any atom is -0.368 e. The largest absolute Gasteiger partial charge is 0.368 e. The van der Waals surface area contributed by atoms with Gasteiger partial charge in [-0.05, 0) is 49.1 Å². The predicted octanol–water partition coefficient (Wildman–Crippen LogP) is 2.76. The summed E-state index contributed by atoms with van der Waals surface area (Å²) >= 11 is 0. The van der Waals surface area contributed by atoms with Crippen LogP contribution < -0.4 is 11.1 Å². The van der Waals surface area contributed by atoms with Gasteiger partial charge in [-0.3, -0.25) is 24.9 Å². The van der Waals surface area contributed by atoms with Crippen molar-refractivity contribution in [3.63, 3.8) is 0 Å². The van der Waals surface area contributed by atoms with Crippen LogP contribution in [0.3, 0.4) is 0 Å². The van der Waals surface area contributed by atoms with Crippen LogP contribution in [-0.2, 0) is 11.2 Å². The molecular formula is C22H25N5O3. The number of nitro groups is 1. The number of rotatable bonds is 10. The average Bonchev–Trinajstić information content (AvgIpc) is 2.77. The molecule has 0 radical (unpaired) electrons. The van der Waals surface area contributed by atoms with E-state index in [1.807, 2.05) is 18.3 Å². The quantitative estimate of drug-likeness (QED) is 0.463. The van der Waals surface area contributed by atoms with Gasteiger partial charge in [0.2, 0.25) is 5.91 Å². The second-order valence-electron chi connectivity index (χ2n) is 7.46. The summed E-state index contributed by atoms with van der Waals surface area (Å²) in [5.41, 5.74) is 7.21. The van der Waals surface area contributed by atoms with E-state index in [1.165, 1.54) is 17.7 Å². The number of nitrogens with two attached hydrogens (primary N) is 1. The molecule has 0 spiro atoms. The molecule has 2 atom stereocenters. The first kappa shape index (κ1) is 21.3. The maximum atomic E-state index is 12.0. The summed E-state index contributed by atoms with van der Waals surface area (Å²) in [6, 6.07) is 9.15. The molecule has 30 heavy (non-hydrogen) atoms. The molecule has 1 aliphatic rings. The Balaban J connectivity index is 1.63. The molecule has 156 valence electrons. The molecule has 0 saturated heterocycles. The number of pyridine rings is 1. The zero-order valence-electron chi connectivity index (χ0n) is 16.6. The van der Waals surface area contributed by atoms with Gasteiger partial charge in [0.15, 0.2) is 0 Å². The number of carbonyl (C=O) groups excluding carboxylic acids is 1. The molecule has 2 unspecified atom stereocenters. The second-order valence-corrected chi connectivity index (χ2v) is 7.46. The number of dihydropyridines is 1. The Bertz CT molecular complexity index is 928. The van der Waals surface area contributed by atoms with Crippen LogP contribution >= 0.6 is 0 Å². The summed E-state index contributed by atoms with van der Waals surface area (Å²) in [5, 5.41) is 14.1. The standard InChI is InChI=1S/C22H25N5O3/c23-21(28)20(18-4-6-19(7-5-18)27(29)30)26-14-11-22(9-2-13-25-16-22)10-8-17-3-1-12-24-15-17/h1-7,9,12-13,15,20,26H,8,10-11,14,16H2,(H2,23,28). The van der Waals surface area contributed by atoms with Crippen molar-refractivity contribution < 1.29 is 9.72 Å². The number of aromatic nitrogens is 1. The van der Waals surface area contributed by atoms with Gasteiger partial charge in [0.05, 0.1) is 4.92 Å². The first-order chi connectivity index (χ1) is 14.5. The molecule has 8 nitrogen and oxygen atoms in total. The highest BCUT2D eigenvalue weighted by atomic mass is 16.6. The highest BCUT2D eigenvalue weighted by molar-refractivity contribution is 5.81. The Morgan fingerprint density at radius 1 is 1.27 bits per heavy atom. The third-order valence-corrected chi connectivity index (χ3v) is 5.37. The number of amides is 1. The number of hydrogen-bond acceptors (Lipinski definition) is 6. The molecule has 8 heteroatoms. The number of nitro benzene ring substituents is 1. The Morgan fingerprint density at radius 2 is 2.07 bits per heavy atom. The number of nitrogens with zero attached hydrogens (tertiary/aromatic N) is 3. The van der Waals surface area contributed by atoms with Gasteiger partial charge in [0, 0.05) is 42.7 Å². The lowest BCUT2D eigenvalue weighted by Crippen LogP contribution is -2.37. The maximum absolute atomic E-state index is 12.0. The molecule has 0 aliphatic carbocycles. The van der Waals surface area contributed by atoms with E-state index in [-0.39, 0.29) is 11.1 Å².